The van der Waals surface area contributed by atoms with E-state index < -0.39 is 18.0 Å². The molecule has 2 N–H and O–H groups in total. The number of carbonyl (C=O) groups excluding carboxylic acids is 2. The van der Waals surface area contributed by atoms with Gasteiger partial charge in [-0.15, -0.1) is 0 Å². The number of primary amides is 1. The van der Waals surface area contributed by atoms with Crippen molar-refractivity contribution in [1.29, 1.82) is 0 Å². The average molecular weight is 263 g/mol. The van der Waals surface area contributed by atoms with Crippen molar-refractivity contribution in [1.82, 2.24) is 0 Å². The minimum Gasteiger partial charge on any atom is -0.493 e. The van der Waals surface area contributed by atoms with E-state index in [-0.39, 0.29) is 0 Å². The van der Waals surface area contributed by atoms with Crippen molar-refractivity contribution in [3.8, 4) is 5.75 Å². The van der Waals surface area contributed by atoms with Crippen LogP contribution >= 0.6 is 0 Å². The predicted octanol–water partition coefficient (Wildman–Crippen LogP) is 1.52. The zero-order chi connectivity index (χ0) is 14.3. The standard InChI is InChI=1S/C14H17NO4/c1-3-18-12-7-5-4-6-11(12)8-9-13(16)19-10(2)14(15)17/h4-10H,3H2,1-2H3,(H2,15,17)/b9-8+/t10-/m1/s1. The highest BCUT2D eigenvalue weighted by molar-refractivity contribution is 5.90. The Bertz CT molecular complexity index is 482. The van der Waals surface area contributed by atoms with Crippen molar-refractivity contribution in [2.45, 2.75) is 20.0 Å². The lowest BCUT2D eigenvalue weighted by Crippen LogP contribution is -2.29. The highest BCUT2D eigenvalue weighted by Crippen LogP contribution is 2.19. The third-order valence-electron chi connectivity index (χ3n) is 2.31. The van der Waals surface area contributed by atoms with Crippen LogP contribution in [0.2, 0.25) is 0 Å². The summed E-state index contributed by atoms with van der Waals surface area (Å²) < 4.78 is 10.2. The number of hydrogen-bond acceptors (Lipinski definition) is 4. The van der Waals surface area contributed by atoms with Crippen LogP contribution in [0.5, 0.6) is 5.75 Å². The molecule has 5 nitrogen and oxygen atoms in total. The summed E-state index contributed by atoms with van der Waals surface area (Å²) in [4.78, 5) is 22.2. The number of rotatable bonds is 6. The molecule has 0 aromatic heterocycles. The second-order valence-electron chi connectivity index (χ2n) is 3.79. The van der Waals surface area contributed by atoms with Gasteiger partial charge in [0, 0.05) is 11.6 Å². The van der Waals surface area contributed by atoms with Gasteiger partial charge in [0.05, 0.1) is 6.61 Å². The minimum absolute atomic E-state index is 0.536. The van der Waals surface area contributed by atoms with Gasteiger partial charge in [0.2, 0.25) is 0 Å². The van der Waals surface area contributed by atoms with Gasteiger partial charge in [-0.3, -0.25) is 4.79 Å². The molecule has 1 atom stereocenters. The summed E-state index contributed by atoms with van der Waals surface area (Å²) in [6.45, 7) is 3.83. The molecular weight excluding hydrogens is 246 g/mol. The van der Waals surface area contributed by atoms with Gasteiger partial charge >= 0.3 is 5.97 Å². The van der Waals surface area contributed by atoms with E-state index in [2.05, 4.69) is 0 Å². The zero-order valence-corrected chi connectivity index (χ0v) is 11.0. The first-order valence-electron chi connectivity index (χ1n) is 5.94. The van der Waals surface area contributed by atoms with E-state index >= 15 is 0 Å². The lowest BCUT2D eigenvalue weighted by atomic mass is 10.2. The zero-order valence-electron chi connectivity index (χ0n) is 11.0. The maximum atomic E-state index is 11.4. The van der Waals surface area contributed by atoms with Crippen molar-refractivity contribution in [3.05, 3.63) is 35.9 Å². The van der Waals surface area contributed by atoms with Gasteiger partial charge < -0.3 is 15.2 Å². The van der Waals surface area contributed by atoms with Gasteiger partial charge in [0.15, 0.2) is 6.10 Å². The monoisotopic (exact) mass is 263 g/mol. The first kappa shape index (κ1) is 14.8. The van der Waals surface area contributed by atoms with E-state index in [1.807, 2.05) is 25.1 Å². The molecule has 0 aliphatic rings. The molecule has 1 aromatic carbocycles. The fourth-order valence-electron chi connectivity index (χ4n) is 1.33. The lowest BCUT2D eigenvalue weighted by molar-refractivity contribution is -0.148. The fourth-order valence-corrected chi connectivity index (χ4v) is 1.33. The topological polar surface area (TPSA) is 78.6 Å². The number of benzene rings is 1. The highest BCUT2D eigenvalue weighted by Gasteiger charge is 2.12. The summed E-state index contributed by atoms with van der Waals surface area (Å²) in [6.07, 6.45) is 1.86. The Kier molecular flexibility index (Phi) is 5.60. The van der Waals surface area contributed by atoms with Crippen LogP contribution in [-0.2, 0) is 14.3 Å². The van der Waals surface area contributed by atoms with Crippen LogP contribution in [0.3, 0.4) is 0 Å². The molecule has 0 aliphatic heterocycles. The Labute approximate surface area is 112 Å². The Morgan fingerprint density at radius 3 is 2.68 bits per heavy atom. The van der Waals surface area contributed by atoms with E-state index in [1.165, 1.54) is 13.0 Å². The van der Waals surface area contributed by atoms with Gasteiger partial charge in [-0.1, -0.05) is 18.2 Å². The van der Waals surface area contributed by atoms with Crippen LogP contribution in [0.25, 0.3) is 6.08 Å². The summed E-state index contributed by atoms with van der Waals surface area (Å²) in [5.41, 5.74) is 5.75. The Morgan fingerprint density at radius 2 is 2.05 bits per heavy atom. The SMILES string of the molecule is CCOc1ccccc1/C=C/C(=O)O[C@H](C)C(N)=O. The molecule has 0 radical (unpaired) electrons. The molecule has 0 saturated carbocycles. The number of esters is 1. The quantitative estimate of drug-likeness (QED) is 0.623. The Hall–Kier alpha value is -2.30. The molecule has 1 aromatic rings. The molecule has 102 valence electrons. The smallest absolute Gasteiger partial charge is 0.331 e. The third kappa shape index (κ3) is 4.83. The molecule has 0 fully saturated rings. The molecule has 0 unspecified atom stereocenters. The summed E-state index contributed by atoms with van der Waals surface area (Å²) >= 11 is 0. The van der Waals surface area contributed by atoms with Gasteiger partial charge in [-0.25, -0.2) is 4.79 Å². The van der Waals surface area contributed by atoms with Crippen LogP contribution in [0.1, 0.15) is 19.4 Å². The Morgan fingerprint density at radius 1 is 1.37 bits per heavy atom. The van der Waals surface area contributed by atoms with Crippen LogP contribution in [0.15, 0.2) is 30.3 Å². The summed E-state index contributed by atoms with van der Waals surface area (Å²) in [7, 11) is 0. The van der Waals surface area contributed by atoms with E-state index in [1.54, 1.807) is 12.1 Å². The number of ether oxygens (including phenoxy) is 2. The molecular formula is C14H17NO4. The van der Waals surface area contributed by atoms with E-state index in [0.29, 0.717) is 12.4 Å². The molecule has 19 heavy (non-hydrogen) atoms. The maximum absolute atomic E-state index is 11.4. The second kappa shape index (κ2) is 7.20. The molecule has 5 heteroatoms. The van der Waals surface area contributed by atoms with E-state index in [0.717, 1.165) is 5.56 Å². The first-order chi connectivity index (χ1) is 9.04. The van der Waals surface area contributed by atoms with Crippen molar-refractivity contribution in [2.24, 2.45) is 5.73 Å². The first-order valence-corrected chi connectivity index (χ1v) is 5.94. The molecule has 0 bridgehead atoms. The summed E-state index contributed by atoms with van der Waals surface area (Å²) in [6, 6.07) is 7.29. The number of carbonyl (C=O) groups is 2. The third-order valence-corrected chi connectivity index (χ3v) is 2.31. The van der Waals surface area contributed by atoms with Crippen LogP contribution in [0, 0.1) is 0 Å². The molecule has 0 saturated heterocycles. The highest BCUT2D eigenvalue weighted by atomic mass is 16.5. The van der Waals surface area contributed by atoms with Gasteiger partial charge in [0.1, 0.15) is 5.75 Å². The van der Waals surface area contributed by atoms with Crippen molar-refractivity contribution in [3.63, 3.8) is 0 Å². The largest absolute Gasteiger partial charge is 0.493 e. The van der Waals surface area contributed by atoms with Gasteiger partial charge in [-0.05, 0) is 26.0 Å². The lowest BCUT2D eigenvalue weighted by Gasteiger charge is -2.08. The molecule has 0 spiro atoms. The van der Waals surface area contributed by atoms with Crippen LogP contribution in [-0.4, -0.2) is 24.6 Å². The summed E-state index contributed by atoms with van der Waals surface area (Å²) in [5, 5.41) is 0. The van der Waals surface area contributed by atoms with Crippen LogP contribution in [0.4, 0.5) is 0 Å². The molecule has 0 aliphatic carbocycles. The number of nitrogens with two attached hydrogens (primary N) is 1. The average Bonchev–Trinajstić information content (AvgIpc) is 2.38. The van der Waals surface area contributed by atoms with Gasteiger partial charge in [-0.2, -0.15) is 0 Å². The second-order valence-corrected chi connectivity index (χ2v) is 3.79. The van der Waals surface area contributed by atoms with Crippen LogP contribution < -0.4 is 10.5 Å². The molecule has 0 heterocycles. The van der Waals surface area contributed by atoms with E-state index in [4.69, 9.17) is 15.2 Å². The van der Waals surface area contributed by atoms with E-state index in [9.17, 15) is 9.59 Å². The minimum atomic E-state index is -0.945. The summed E-state index contributed by atoms with van der Waals surface area (Å²) in [5.74, 6) is -0.633. The Balaban J connectivity index is 2.71. The fraction of sp³-hybridized carbons (Fsp3) is 0.286. The van der Waals surface area contributed by atoms with Crippen molar-refractivity contribution in [2.75, 3.05) is 6.61 Å². The number of para-hydroxylation sites is 1. The normalized spacial score (nSPS) is 12.1. The van der Waals surface area contributed by atoms with Crippen molar-refractivity contribution < 1.29 is 19.1 Å². The van der Waals surface area contributed by atoms with Gasteiger partial charge in [0.25, 0.3) is 5.91 Å². The van der Waals surface area contributed by atoms with Crippen molar-refractivity contribution >= 4 is 18.0 Å². The molecule has 1 amide bonds. The predicted molar refractivity (Wildman–Crippen MR) is 71.4 cm³/mol. The number of hydrogen-bond donors (Lipinski definition) is 1. The number of amides is 1. The molecule has 1 rings (SSSR count). The maximum Gasteiger partial charge on any atom is 0.331 e.